The van der Waals surface area contributed by atoms with Gasteiger partial charge < -0.3 is 4.52 Å². The van der Waals surface area contributed by atoms with Crippen molar-refractivity contribution in [1.82, 2.24) is 5.16 Å². The summed E-state index contributed by atoms with van der Waals surface area (Å²) in [6, 6.07) is 1.58. The summed E-state index contributed by atoms with van der Waals surface area (Å²) in [5.74, 6) is 0.138. The third-order valence-corrected chi connectivity index (χ3v) is 4.29. The summed E-state index contributed by atoms with van der Waals surface area (Å²) >= 11 is 2.86. The van der Waals surface area contributed by atoms with E-state index in [2.05, 4.69) is 25.8 Å². The molecule has 0 saturated carbocycles. The van der Waals surface area contributed by atoms with Crippen LogP contribution in [0.3, 0.4) is 0 Å². The van der Waals surface area contributed by atoms with E-state index in [1.165, 1.54) is 0 Å². The fourth-order valence-electron chi connectivity index (χ4n) is 0.857. The summed E-state index contributed by atoms with van der Waals surface area (Å²) in [5.41, 5.74) is 0.538. The number of rotatable bonds is 3. The molecule has 7 heteroatoms. The number of hydrogen-bond acceptors (Lipinski definition) is 4. The van der Waals surface area contributed by atoms with Crippen molar-refractivity contribution in [3.63, 3.8) is 0 Å². The Morgan fingerprint density at radius 3 is 2.53 bits per heavy atom. The number of sulfonamides is 1. The monoisotopic (exact) mass is 296 g/mol. The van der Waals surface area contributed by atoms with Gasteiger partial charge >= 0.3 is 0 Å². The van der Waals surface area contributed by atoms with Crippen LogP contribution < -0.4 is 4.72 Å². The number of hydrogen-bond donors (Lipinski definition) is 1. The van der Waals surface area contributed by atoms with Gasteiger partial charge in [-0.3, -0.25) is 4.72 Å². The van der Waals surface area contributed by atoms with Crippen LogP contribution in [-0.2, 0) is 15.4 Å². The smallest absolute Gasteiger partial charge is 0.245 e. The second-order valence-corrected chi connectivity index (χ2v) is 7.18. The van der Waals surface area contributed by atoms with E-state index >= 15 is 0 Å². The summed E-state index contributed by atoms with van der Waals surface area (Å²) < 4.78 is 29.3. The highest BCUT2D eigenvalue weighted by Crippen LogP contribution is 2.24. The van der Waals surface area contributed by atoms with E-state index in [0.717, 1.165) is 0 Å². The molecule has 1 aromatic heterocycles. The SMILES string of the molecule is CC(C)(C)c1cc(NS(=O)(=O)CBr)on1. The van der Waals surface area contributed by atoms with Crippen LogP contribution in [0.5, 0.6) is 0 Å². The van der Waals surface area contributed by atoms with Crippen LogP contribution in [0.2, 0.25) is 0 Å². The Labute approximate surface area is 97.4 Å². The van der Waals surface area contributed by atoms with Crippen molar-refractivity contribution in [1.29, 1.82) is 0 Å². The third kappa shape index (κ3) is 3.49. The van der Waals surface area contributed by atoms with Crippen molar-refractivity contribution >= 4 is 31.8 Å². The Balaban J connectivity index is 2.87. The Kier molecular flexibility index (Phi) is 3.44. The fraction of sp³-hybridized carbons (Fsp3) is 0.625. The van der Waals surface area contributed by atoms with Gasteiger partial charge in [-0.15, -0.1) is 0 Å². The Hall–Kier alpha value is -0.560. The van der Waals surface area contributed by atoms with E-state index in [1.807, 2.05) is 20.8 Å². The molecular weight excluding hydrogens is 284 g/mol. The molecule has 0 fully saturated rings. The molecule has 1 heterocycles. The molecular formula is C8H13BrN2O3S. The maximum atomic E-state index is 11.2. The van der Waals surface area contributed by atoms with Gasteiger partial charge in [0.05, 0.1) is 5.69 Å². The summed E-state index contributed by atoms with van der Waals surface area (Å²) in [5, 5.41) is 3.79. The minimum Gasteiger partial charge on any atom is -0.338 e. The predicted octanol–water partition coefficient (Wildman–Crippen LogP) is 2.07. The van der Waals surface area contributed by atoms with Crippen molar-refractivity contribution < 1.29 is 12.9 Å². The summed E-state index contributed by atoms with van der Waals surface area (Å²) in [6.45, 7) is 5.90. The minimum atomic E-state index is -3.37. The molecule has 0 amide bonds. The topological polar surface area (TPSA) is 72.2 Å². The van der Waals surface area contributed by atoms with Crippen LogP contribution in [0.4, 0.5) is 5.88 Å². The van der Waals surface area contributed by atoms with Crippen molar-refractivity contribution in [3.8, 4) is 0 Å². The molecule has 0 aliphatic carbocycles. The van der Waals surface area contributed by atoms with Gasteiger partial charge in [0.25, 0.3) is 0 Å². The maximum Gasteiger partial charge on any atom is 0.245 e. The Morgan fingerprint density at radius 2 is 2.13 bits per heavy atom. The quantitative estimate of drug-likeness (QED) is 0.867. The zero-order valence-corrected chi connectivity index (χ0v) is 11.1. The predicted molar refractivity (Wildman–Crippen MR) is 61.5 cm³/mol. The number of nitrogens with zero attached hydrogens (tertiary/aromatic N) is 1. The summed E-state index contributed by atoms with van der Waals surface area (Å²) in [7, 11) is -3.37. The second-order valence-electron chi connectivity index (χ2n) is 4.15. The molecule has 1 aromatic rings. The number of nitrogens with one attached hydrogen (secondary N) is 1. The lowest BCUT2D eigenvalue weighted by Crippen LogP contribution is -2.13. The molecule has 0 aliphatic heterocycles. The highest BCUT2D eigenvalue weighted by molar-refractivity contribution is 9.10. The first-order valence-corrected chi connectivity index (χ1v) is 7.05. The van der Waals surface area contributed by atoms with Crippen molar-refractivity contribution in [3.05, 3.63) is 11.8 Å². The van der Waals surface area contributed by atoms with Crippen LogP contribution >= 0.6 is 15.9 Å². The highest BCUT2D eigenvalue weighted by Gasteiger charge is 2.20. The average molecular weight is 297 g/mol. The molecule has 1 rings (SSSR count). The normalized spacial score (nSPS) is 12.8. The molecule has 0 bridgehead atoms. The first-order valence-electron chi connectivity index (χ1n) is 4.28. The summed E-state index contributed by atoms with van der Waals surface area (Å²) in [4.78, 5) is 0. The lowest BCUT2D eigenvalue weighted by atomic mass is 9.92. The molecule has 0 aliphatic rings. The summed E-state index contributed by atoms with van der Waals surface area (Å²) in [6.07, 6.45) is 0. The van der Waals surface area contributed by atoms with E-state index in [-0.39, 0.29) is 16.0 Å². The maximum absolute atomic E-state index is 11.2. The molecule has 5 nitrogen and oxygen atoms in total. The third-order valence-electron chi connectivity index (χ3n) is 1.68. The Morgan fingerprint density at radius 1 is 1.53 bits per heavy atom. The van der Waals surface area contributed by atoms with Gasteiger partial charge in [0.2, 0.25) is 15.9 Å². The van der Waals surface area contributed by atoms with Crippen molar-refractivity contribution in [2.75, 3.05) is 9.38 Å². The van der Waals surface area contributed by atoms with E-state index in [9.17, 15) is 8.42 Å². The molecule has 0 atom stereocenters. The molecule has 86 valence electrons. The number of anilines is 1. The van der Waals surface area contributed by atoms with Gasteiger partial charge in [-0.1, -0.05) is 41.9 Å². The molecule has 0 radical (unpaired) electrons. The Bertz CT molecular complexity index is 433. The van der Waals surface area contributed by atoms with Gasteiger partial charge in [-0.05, 0) is 0 Å². The lowest BCUT2D eigenvalue weighted by Gasteiger charge is -2.12. The zero-order valence-electron chi connectivity index (χ0n) is 8.74. The van der Waals surface area contributed by atoms with Crippen LogP contribution in [0.25, 0.3) is 0 Å². The molecule has 1 N–H and O–H groups in total. The van der Waals surface area contributed by atoms with E-state index in [1.54, 1.807) is 6.07 Å². The molecule has 0 spiro atoms. The second kappa shape index (κ2) is 4.13. The minimum absolute atomic E-state index is 0.138. The van der Waals surface area contributed by atoms with Gasteiger partial charge in [-0.25, -0.2) is 8.42 Å². The molecule has 0 aromatic carbocycles. The zero-order chi connectivity index (χ0) is 11.7. The van der Waals surface area contributed by atoms with Crippen LogP contribution in [0, 0.1) is 0 Å². The van der Waals surface area contributed by atoms with Gasteiger partial charge in [-0.2, -0.15) is 0 Å². The molecule has 15 heavy (non-hydrogen) atoms. The van der Waals surface area contributed by atoms with Crippen molar-refractivity contribution in [2.24, 2.45) is 0 Å². The largest absolute Gasteiger partial charge is 0.338 e. The van der Waals surface area contributed by atoms with Crippen LogP contribution in [0.15, 0.2) is 10.6 Å². The molecule has 0 unspecified atom stereocenters. The van der Waals surface area contributed by atoms with E-state index in [0.29, 0.717) is 5.69 Å². The first kappa shape index (κ1) is 12.5. The number of halogens is 1. The van der Waals surface area contributed by atoms with Crippen molar-refractivity contribution in [2.45, 2.75) is 26.2 Å². The number of aromatic nitrogens is 1. The van der Waals surface area contributed by atoms with E-state index in [4.69, 9.17) is 4.52 Å². The average Bonchev–Trinajstić information content (AvgIpc) is 2.51. The van der Waals surface area contributed by atoms with Crippen LogP contribution in [0.1, 0.15) is 26.5 Å². The highest BCUT2D eigenvalue weighted by atomic mass is 79.9. The van der Waals surface area contributed by atoms with Gasteiger partial charge in [0.1, 0.15) is 4.66 Å². The lowest BCUT2D eigenvalue weighted by molar-refractivity contribution is 0.405. The fourth-order valence-corrected chi connectivity index (χ4v) is 1.66. The van der Waals surface area contributed by atoms with Gasteiger partial charge in [0, 0.05) is 11.5 Å². The van der Waals surface area contributed by atoms with E-state index < -0.39 is 10.0 Å². The number of alkyl halides is 1. The molecule has 0 saturated heterocycles. The van der Waals surface area contributed by atoms with Crippen LogP contribution in [-0.4, -0.2) is 18.2 Å². The first-order chi connectivity index (χ1) is 6.74. The standard InChI is InChI=1S/C8H13BrN2O3S/c1-8(2,3)6-4-7(14-10-6)11-15(12,13)5-9/h4,11H,5H2,1-3H3. The van der Waals surface area contributed by atoms with Gasteiger partial charge in [0.15, 0.2) is 0 Å².